The Morgan fingerprint density at radius 1 is 0.576 bits per heavy atom. The maximum atomic E-state index is 12.7. The molecule has 0 radical (unpaired) electrons. The zero-order valence-corrected chi connectivity index (χ0v) is 19.9. The minimum Gasteiger partial charge on any atom is -0.422 e. The molecule has 0 bridgehead atoms. The van der Waals surface area contributed by atoms with Gasteiger partial charge in [0, 0.05) is 0 Å². The molecule has 4 aromatic carbocycles. The number of hydrogen-bond acceptors (Lipinski definition) is 4. The topological polar surface area (TPSA) is 52.6 Å². The predicted molar refractivity (Wildman–Crippen MR) is 136 cm³/mol. The first-order valence-electron chi connectivity index (χ1n) is 10.5. The van der Waals surface area contributed by atoms with Gasteiger partial charge in [-0.15, -0.1) is 0 Å². The molecule has 4 aromatic rings. The van der Waals surface area contributed by atoms with Crippen molar-refractivity contribution in [2.24, 2.45) is 0 Å². The van der Waals surface area contributed by atoms with Gasteiger partial charge in [-0.1, -0.05) is 66.7 Å². The van der Waals surface area contributed by atoms with Crippen molar-refractivity contribution in [3.05, 3.63) is 129 Å². The second-order valence-electron chi connectivity index (χ2n) is 7.40. The third-order valence-electron chi connectivity index (χ3n) is 5.04. The molecule has 0 aliphatic heterocycles. The molecule has 0 aliphatic rings. The van der Waals surface area contributed by atoms with Crippen LogP contribution in [0.5, 0.6) is 11.5 Å². The molecule has 0 heterocycles. The highest BCUT2D eigenvalue weighted by Gasteiger charge is 2.18. The molecule has 0 aliphatic carbocycles. The third-order valence-corrected chi connectivity index (χ3v) is 6.10. The first-order chi connectivity index (χ1) is 16.1. The lowest BCUT2D eigenvalue weighted by Gasteiger charge is -2.14. The van der Waals surface area contributed by atoms with Crippen molar-refractivity contribution in [3.8, 4) is 11.5 Å². The normalized spacial score (nSPS) is 10.5. The minimum atomic E-state index is -0.464. The van der Waals surface area contributed by atoms with Crippen molar-refractivity contribution in [3.63, 3.8) is 0 Å². The zero-order chi connectivity index (χ0) is 23.0. The Labute approximate surface area is 206 Å². The summed E-state index contributed by atoms with van der Waals surface area (Å²) in [7, 11) is 0. The van der Waals surface area contributed by atoms with Crippen LogP contribution in [0.3, 0.4) is 0 Å². The molecule has 4 nitrogen and oxygen atoms in total. The predicted octanol–water partition coefficient (Wildman–Crippen LogP) is 6.51. The van der Waals surface area contributed by atoms with Gasteiger partial charge in [-0.05, 0) is 83.0 Å². The van der Waals surface area contributed by atoms with E-state index in [1.807, 2.05) is 65.1 Å². The fraction of sp³-hybridized carbons (Fsp3) is 0.0714. The average molecular weight is 548 g/mol. The molecule has 0 amide bonds. The Hall–Kier alpha value is -3.45. The van der Waals surface area contributed by atoms with Gasteiger partial charge in [0.15, 0.2) is 0 Å². The van der Waals surface area contributed by atoms with Crippen molar-refractivity contribution in [1.82, 2.24) is 0 Å². The van der Waals surface area contributed by atoms with E-state index in [9.17, 15) is 9.59 Å². The van der Waals surface area contributed by atoms with Crippen molar-refractivity contribution >= 4 is 34.5 Å². The van der Waals surface area contributed by atoms with Crippen molar-refractivity contribution < 1.29 is 19.1 Å². The van der Waals surface area contributed by atoms with Gasteiger partial charge in [-0.2, -0.15) is 0 Å². The van der Waals surface area contributed by atoms with Gasteiger partial charge in [0.25, 0.3) is 0 Å². The van der Waals surface area contributed by atoms with Gasteiger partial charge < -0.3 is 9.47 Å². The number of carbonyl (C=O) groups excluding carboxylic acids is 2. The maximum Gasteiger partial charge on any atom is 0.343 e. The molecule has 164 valence electrons. The van der Waals surface area contributed by atoms with E-state index in [2.05, 4.69) is 12.1 Å². The van der Waals surface area contributed by atoms with Gasteiger partial charge in [-0.3, -0.25) is 0 Å². The zero-order valence-electron chi connectivity index (χ0n) is 17.7. The minimum absolute atomic E-state index is 0.367. The lowest BCUT2D eigenvalue weighted by molar-refractivity contribution is 0.0730. The van der Waals surface area contributed by atoms with Crippen molar-refractivity contribution in [2.75, 3.05) is 0 Å². The second-order valence-corrected chi connectivity index (χ2v) is 8.48. The summed E-state index contributed by atoms with van der Waals surface area (Å²) in [5.74, 6) is -0.195. The molecule has 0 unspecified atom stereocenters. The first kappa shape index (κ1) is 22.7. The summed E-state index contributed by atoms with van der Waals surface area (Å²) in [6.07, 6.45) is 1.51. The fourth-order valence-corrected chi connectivity index (χ4v) is 3.85. The molecule has 33 heavy (non-hydrogen) atoms. The van der Waals surface area contributed by atoms with Crippen LogP contribution in [0.4, 0.5) is 0 Å². The van der Waals surface area contributed by atoms with E-state index in [1.165, 1.54) is 5.56 Å². The molecule has 0 aromatic heterocycles. The van der Waals surface area contributed by atoms with Gasteiger partial charge in [0.1, 0.15) is 11.5 Å². The van der Waals surface area contributed by atoms with E-state index in [4.69, 9.17) is 9.47 Å². The summed E-state index contributed by atoms with van der Waals surface area (Å²) in [6.45, 7) is 0. The van der Waals surface area contributed by atoms with Gasteiger partial charge >= 0.3 is 11.9 Å². The Kier molecular flexibility index (Phi) is 7.52. The van der Waals surface area contributed by atoms with E-state index in [0.29, 0.717) is 32.6 Å². The monoisotopic (exact) mass is 548 g/mol. The molecule has 0 atom stereocenters. The highest BCUT2D eigenvalue weighted by atomic mass is 127. The number of rotatable bonds is 7. The number of aryl methyl sites for hydroxylation is 2. The van der Waals surface area contributed by atoms with Crippen LogP contribution in [0, 0.1) is 3.57 Å². The van der Waals surface area contributed by atoms with Crippen LogP contribution in [-0.2, 0) is 12.8 Å². The molecule has 0 spiro atoms. The smallest absolute Gasteiger partial charge is 0.343 e. The molecule has 0 fully saturated rings. The van der Waals surface area contributed by atoms with Gasteiger partial charge in [0.05, 0.1) is 14.7 Å². The van der Waals surface area contributed by atoms with E-state index >= 15 is 0 Å². The average Bonchev–Trinajstić information content (AvgIpc) is 2.87. The Morgan fingerprint density at radius 2 is 0.970 bits per heavy atom. The number of hydrogen-bond donors (Lipinski definition) is 0. The Bertz CT molecular complexity index is 1160. The van der Waals surface area contributed by atoms with Crippen LogP contribution in [-0.4, -0.2) is 11.9 Å². The fourth-order valence-electron chi connectivity index (χ4n) is 3.32. The van der Waals surface area contributed by atoms with E-state index < -0.39 is 11.9 Å². The van der Waals surface area contributed by atoms with E-state index in [0.717, 1.165) is 12.0 Å². The summed E-state index contributed by atoms with van der Waals surface area (Å²) in [6, 6.07) is 31.4. The van der Waals surface area contributed by atoms with Crippen LogP contribution >= 0.6 is 22.6 Å². The Morgan fingerprint density at radius 3 is 1.42 bits per heavy atom. The van der Waals surface area contributed by atoms with Crippen molar-refractivity contribution in [1.29, 1.82) is 0 Å². The second kappa shape index (κ2) is 10.9. The summed E-state index contributed by atoms with van der Waals surface area (Å²) in [5.41, 5.74) is 3.00. The third kappa shape index (κ3) is 6.08. The van der Waals surface area contributed by atoms with Gasteiger partial charge in [-0.25, -0.2) is 9.59 Å². The van der Waals surface area contributed by atoms with E-state index in [-0.39, 0.29) is 0 Å². The molecule has 4 rings (SSSR count). The number of halogens is 1. The number of benzene rings is 4. The quantitative estimate of drug-likeness (QED) is 0.150. The van der Waals surface area contributed by atoms with E-state index in [1.54, 1.807) is 48.5 Å². The summed E-state index contributed by atoms with van der Waals surface area (Å²) >= 11 is 2.05. The lowest BCUT2D eigenvalue weighted by Crippen LogP contribution is -2.12. The first-order valence-corrected chi connectivity index (χ1v) is 11.6. The number of ether oxygens (including phenoxy) is 2. The highest BCUT2D eigenvalue weighted by Crippen LogP contribution is 2.34. The van der Waals surface area contributed by atoms with Crippen LogP contribution in [0.2, 0.25) is 0 Å². The summed E-state index contributed by atoms with van der Waals surface area (Å²) in [4.78, 5) is 25.4. The Balaban J connectivity index is 1.62. The molecular formula is C28H21IO4. The largest absolute Gasteiger partial charge is 0.422 e. The SMILES string of the molecule is O=C(Oc1cc(CCc2ccccc2)cc(OC(=O)c2ccccc2)c1I)c1ccccc1. The summed E-state index contributed by atoms with van der Waals surface area (Å²) < 4.78 is 12.0. The lowest BCUT2D eigenvalue weighted by atomic mass is 10.0. The number of carbonyl (C=O) groups is 2. The van der Waals surface area contributed by atoms with Crippen LogP contribution in [0.1, 0.15) is 31.8 Å². The van der Waals surface area contributed by atoms with Gasteiger partial charge in [0.2, 0.25) is 0 Å². The molecule has 0 saturated heterocycles. The number of esters is 2. The molecular weight excluding hydrogens is 527 g/mol. The summed E-state index contributed by atoms with van der Waals surface area (Å²) in [5, 5.41) is 0. The van der Waals surface area contributed by atoms with Crippen molar-refractivity contribution in [2.45, 2.75) is 12.8 Å². The molecule has 5 heteroatoms. The standard InChI is InChI=1S/C28H21IO4/c29-26-24(32-27(30)22-12-6-2-7-13-22)18-21(17-16-20-10-4-1-5-11-20)19-25(26)33-28(31)23-14-8-3-9-15-23/h1-15,18-19H,16-17H2. The van der Waals surface area contributed by atoms with Crippen LogP contribution in [0.15, 0.2) is 103 Å². The highest BCUT2D eigenvalue weighted by molar-refractivity contribution is 14.1. The van der Waals surface area contributed by atoms with Crippen LogP contribution in [0.25, 0.3) is 0 Å². The van der Waals surface area contributed by atoms with Crippen LogP contribution < -0.4 is 9.47 Å². The molecule has 0 saturated carbocycles. The maximum absolute atomic E-state index is 12.7. The molecule has 0 N–H and O–H groups in total.